The molecule has 1 aromatic carbocycles. The third-order valence-electron chi connectivity index (χ3n) is 1.46. The van der Waals surface area contributed by atoms with Gasteiger partial charge in [-0.25, -0.2) is 4.79 Å². The van der Waals surface area contributed by atoms with Crippen molar-refractivity contribution in [3.8, 4) is 5.75 Å². The highest BCUT2D eigenvalue weighted by Crippen LogP contribution is 2.23. The van der Waals surface area contributed by atoms with Crippen molar-refractivity contribution >= 4 is 11.7 Å². The first-order valence-corrected chi connectivity index (χ1v) is 3.50. The summed E-state index contributed by atoms with van der Waals surface area (Å²) in [7, 11) is 1.37. The second kappa shape index (κ2) is 3.77. The minimum atomic E-state index is -1.06. The number of aromatic carboxylic acids is 1. The van der Waals surface area contributed by atoms with Crippen LogP contribution in [0.3, 0.4) is 0 Å². The van der Waals surface area contributed by atoms with Gasteiger partial charge in [-0.2, -0.15) is 0 Å². The summed E-state index contributed by atoms with van der Waals surface area (Å²) in [4.78, 5) is 15.1. The number of nitrogens with one attached hydrogen (secondary N) is 1. The van der Waals surface area contributed by atoms with Gasteiger partial charge in [-0.1, -0.05) is 0 Å². The highest BCUT2D eigenvalue weighted by Gasteiger charge is 2.06. The monoisotopic (exact) mass is 183 g/mol. The van der Waals surface area contributed by atoms with Crippen molar-refractivity contribution in [1.29, 1.82) is 0 Å². The number of benzene rings is 1. The number of carboxylic acids is 1. The first-order chi connectivity index (χ1) is 6.15. The third kappa shape index (κ3) is 2.09. The highest BCUT2D eigenvalue weighted by molar-refractivity contribution is 5.89. The number of hydrogen-bond acceptors (Lipinski definition) is 4. The Bertz CT molecular complexity index is 324. The molecule has 1 rings (SSSR count). The van der Waals surface area contributed by atoms with Gasteiger partial charge < -0.3 is 10.2 Å². The number of carbonyl (C=O) groups is 1. The van der Waals surface area contributed by atoms with Gasteiger partial charge in [-0.3, -0.25) is 10.3 Å². The van der Waals surface area contributed by atoms with E-state index in [9.17, 15) is 9.90 Å². The second-order valence-electron chi connectivity index (χ2n) is 2.34. The number of aromatic hydroxyl groups is 1. The summed E-state index contributed by atoms with van der Waals surface area (Å²) in [6.45, 7) is 0. The number of carboxylic acid groups (broad SMARTS) is 1. The summed E-state index contributed by atoms with van der Waals surface area (Å²) < 4.78 is 0. The lowest BCUT2D eigenvalue weighted by Crippen LogP contribution is -2.00. The molecule has 0 aliphatic carbocycles. The number of phenolic OH excluding ortho intramolecular Hbond substituents is 1. The normalized spacial score (nSPS) is 9.62. The number of phenols is 1. The Morgan fingerprint density at radius 1 is 1.54 bits per heavy atom. The van der Waals surface area contributed by atoms with E-state index in [2.05, 4.69) is 10.3 Å². The van der Waals surface area contributed by atoms with Gasteiger partial charge in [0.15, 0.2) is 0 Å². The Kier molecular flexibility index (Phi) is 2.71. The first kappa shape index (κ1) is 9.34. The van der Waals surface area contributed by atoms with E-state index in [1.165, 1.54) is 25.3 Å². The van der Waals surface area contributed by atoms with Crippen LogP contribution < -0.4 is 5.48 Å². The summed E-state index contributed by atoms with van der Waals surface area (Å²) in [5.74, 6) is -1.12. The summed E-state index contributed by atoms with van der Waals surface area (Å²) >= 11 is 0. The molecule has 0 atom stereocenters. The van der Waals surface area contributed by atoms with E-state index in [0.29, 0.717) is 0 Å². The number of hydrogen-bond donors (Lipinski definition) is 3. The minimum Gasteiger partial charge on any atom is -0.506 e. The van der Waals surface area contributed by atoms with Crippen molar-refractivity contribution in [3.63, 3.8) is 0 Å². The quantitative estimate of drug-likeness (QED) is 0.482. The molecule has 0 bridgehead atoms. The molecule has 0 fully saturated rings. The van der Waals surface area contributed by atoms with Gasteiger partial charge in [0.05, 0.1) is 12.7 Å². The van der Waals surface area contributed by atoms with Gasteiger partial charge in [0.2, 0.25) is 0 Å². The fourth-order valence-electron chi connectivity index (χ4n) is 0.861. The molecule has 3 N–H and O–H groups in total. The standard InChI is InChI=1S/C8H9NO4/c1-13-9-6-4-5(8(11)12)2-3-7(6)10/h2-4,9-10H,1H3,(H,11,12). The zero-order valence-corrected chi connectivity index (χ0v) is 6.94. The third-order valence-corrected chi connectivity index (χ3v) is 1.46. The van der Waals surface area contributed by atoms with Crippen LogP contribution in [-0.2, 0) is 4.84 Å². The maximum absolute atomic E-state index is 10.5. The lowest BCUT2D eigenvalue weighted by Gasteiger charge is -2.05. The molecule has 0 spiro atoms. The SMILES string of the molecule is CONc1cc(C(=O)O)ccc1O. The van der Waals surface area contributed by atoms with Crippen molar-refractivity contribution in [3.05, 3.63) is 23.8 Å². The average Bonchev–Trinajstić information content (AvgIpc) is 2.08. The van der Waals surface area contributed by atoms with E-state index < -0.39 is 5.97 Å². The summed E-state index contributed by atoms with van der Waals surface area (Å²) in [5, 5.41) is 17.8. The molecule has 0 saturated heterocycles. The average molecular weight is 183 g/mol. The van der Waals surface area contributed by atoms with Gasteiger partial charge in [0, 0.05) is 0 Å². The molecule has 0 aromatic heterocycles. The van der Waals surface area contributed by atoms with Crippen molar-refractivity contribution in [1.82, 2.24) is 0 Å². The lowest BCUT2D eigenvalue weighted by molar-refractivity contribution is 0.0697. The van der Waals surface area contributed by atoms with Gasteiger partial charge in [-0.15, -0.1) is 0 Å². The van der Waals surface area contributed by atoms with Crippen LogP contribution in [0.2, 0.25) is 0 Å². The topological polar surface area (TPSA) is 78.8 Å². The number of rotatable bonds is 3. The van der Waals surface area contributed by atoms with E-state index in [0.717, 1.165) is 0 Å². The van der Waals surface area contributed by atoms with Crippen LogP contribution in [0.5, 0.6) is 5.75 Å². The Labute approximate surface area is 74.5 Å². The number of anilines is 1. The predicted molar refractivity (Wildman–Crippen MR) is 45.7 cm³/mol. The molecule has 13 heavy (non-hydrogen) atoms. The molecular weight excluding hydrogens is 174 g/mol. The largest absolute Gasteiger partial charge is 0.506 e. The Hall–Kier alpha value is -1.75. The van der Waals surface area contributed by atoms with Crippen molar-refractivity contribution in [2.75, 3.05) is 12.6 Å². The maximum atomic E-state index is 10.5. The van der Waals surface area contributed by atoms with Crippen molar-refractivity contribution in [2.24, 2.45) is 0 Å². The molecular formula is C8H9NO4. The Morgan fingerprint density at radius 2 is 2.23 bits per heavy atom. The van der Waals surface area contributed by atoms with Crippen LogP contribution >= 0.6 is 0 Å². The van der Waals surface area contributed by atoms with E-state index in [4.69, 9.17) is 5.11 Å². The molecule has 5 heteroatoms. The minimum absolute atomic E-state index is 0.0631. The van der Waals surface area contributed by atoms with E-state index in [1.54, 1.807) is 0 Å². The van der Waals surface area contributed by atoms with E-state index in [1.807, 2.05) is 0 Å². The van der Waals surface area contributed by atoms with Gasteiger partial charge in [-0.05, 0) is 18.2 Å². The molecule has 0 amide bonds. The zero-order valence-electron chi connectivity index (χ0n) is 6.94. The fourth-order valence-corrected chi connectivity index (χ4v) is 0.861. The van der Waals surface area contributed by atoms with E-state index >= 15 is 0 Å². The van der Waals surface area contributed by atoms with Crippen LogP contribution in [-0.4, -0.2) is 23.3 Å². The van der Waals surface area contributed by atoms with Gasteiger partial charge in [0.1, 0.15) is 11.4 Å². The molecule has 0 aliphatic rings. The van der Waals surface area contributed by atoms with Crippen molar-refractivity contribution < 1.29 is 19.8 Å². The predicted octanol–water partition coefficient (Wildman–Crippen LogP) is 1.06. The smallest absolute Gasteiger partial charge is 0.335 e. The van der Waals surface area contributed by atoms with Gasteiger partial charge >= 0.3 is 5.97 Å². The maximum Gasteiger partial charge on any atom is 0.335 e. The first-order valence-electron chi connectivity index (χ1n) is 3.50. The van der Waals surface area contributed by atoms with Crippen LogP contribution in [0.15, 0.2) is 18.2 Å². The van der Waals surface area contributed by atoms with Gasteiger partial charge in [0.25, 0.3) is 0 Å². The molecule has 0 radical (unpaired) electrons. The lowest BCUT2D eigenvalue weighted by atomic mass is 10.2. The molecule has 0 saturated carbocycles. The zero-order chi connectivity index (χ0) is 9.84. The van der Waals surface area contributed by atoms with E-state index in [-0.39, 0.29) is 17.0 Å². The van der Waals surface area contributed by atoms with Crippen molar-refractivity contribution in [2.45, 2.75) is 0 Å². The molecule has 5 nitrogen and oxygen atoms in total. The summed E-state index contributed by atoms with van der Waals surface area (Å²) in [6, 6.07) is 3.87. The van der Waals surface area contributed by atoms with Crippen LogP contribution in [0, 0.1) is 0 Å². The van der Waals surface area contributed by atoms with Crippen LogP contribution in [0.1, 0.15) is 10.4 Å². The Balaban J connectivity index is 3.03. The van der Waals surface area contributed by atoms with Crippen LogP contribution in [0.4, 0.5) is 5.69 Å². The molecule has 0 heterocycles. The summed E-state index contributed by atoms with van der Waals surface area (Å²) in [6.07, 6.45) is 0. The van der Waals surface area contributed by atoms with Crippen LogP contribution in [0.25, 0.3) is 0 Å². The molecule has 70 valence electrons. The highest BCUT2D eigenvalue weighted by atomic mass is 16.6. The molecule has 0 unspecified atom stereocenters. The fraction of sp³-hybridized carbons (Fsp3) is 0.125. The molecule has 0 aliphatic heterocycles. The summed E-state index contributed by atoms with van der Waals surface area (Å²) in [5.41, 5.74) is 2.66. The Morgan fingerprint density at radius 3 is 2.77 bits per heavy atom. The second-order valence-corrected chi connectivity index (χ2v) is 2.34. The molecule has 1 aromatic rings.